The van der Waals surface area contributed by atoms with Crippen molar-refractivity contribution in [3.63, 3.8) is 0 Å². The number of halogens is 2. The highest BCUT2D eigenvalue weighted by Crippen LogP contribution is 2.24. The van der Waals surface area contributed by atoms with Crippen LogP contribution in [0.4, 0.5) is 8.78 Å². The van der Waals surface area contributed by atoms with Gasteiger partial charge < -0.3 is 9.30 Å². The molecule has 5 rings (SSSR count). The normalized spacial score (nSPS) is 11.9. The topological polar surface area (TPSA) is 48.3 Å². The Labute approximate surface area is 189 Å². The molecule has 1 heterocycles. The first-order chi connectivity index (χ1) is 16.0. The predicted molar refractivity (Wildman–Crippen MR) is 124 cm³/mol. The van der Waals surface area contributed by atoms with Crippen LogP contribution in [0.5, 0.6) is 5.75 Å². The van der Waals surface area contributed by atoms with Gasteiger partial charge in [-0.1, -0.05) is 18.2 Å². The Balaban J connectivity index is 0.000000183. The van der Waals surface area contributed by atoms with Crippen molar-refractivity contribution in [3.8, 4) is 5.75 Å². The third kappa shape index (κ3) is 4.90. The number of hydrogen-bond donors (Lipinski definition) is 0. The first-order valence-electron chi connectivity index (χ1n) is 10.3. The monoisotopic (exact) mass is 445 g/mol. The van der Waals surface area contributed by atoms with Gasteiger partial charge in [0, 0.05) is 23.9 Å². The summed E-state index contributed by atoms with van der Waals surface area (Å²) in [5.41, 5.74) is 4.99. The quantitative estimate of drug-likeness (QED) is 0.375. The molecule has 0 amide bonds. The molecule has 1 aromatic heterocycles. The Kier molecular flexibility index (Phi) is 6.45. The molecule has 0 unspecified atom stereocenters. The van der Waals surface area contributed by atoms with E-state index >= 15 is 0 Å². The maximum atomic E-state index is 13.3. The van der Waals surface area contributed by atoms with E-state index in [1.165, 1.54) is 24.3 Å². The van der Waals surface area contributed by atoms with Crippen molar-refractivity contribution in [1.29, 1.82) is 0 Å². The summed E-state index contributed by atoms with van der Waals surface area (Å²) in [6, 6.07) is 18.5. The van der Waals surface area contributed by atoms with Gasteiger partial charge in [-0.25, -0.2) is 8.78 Å². The Hall–Kier alpha value is -4.06. The molecule has 0 atom stereocenters. The van der Waals surface area contributed by atoms with Gasteiger partial charge in [0.05, 0.1) is 12.8 Å². The van der Waals surface area contributed by atoms with Gasteiger partial charge in [-0.05, 0) is 76.9 Å². The summed E-state index contributed by atoms with van der Waals surface area (Å²) in [6.45, 7) is 0.549. The maximum Gasteiger partial charge on any atom is 0.166 e. The fourth-order valence-corrected chi connectivity index (χ4v) is 3.86. The minimum Gasteiger partial charge on any atom is -0.497 e. The fraction of sp³-hybridized carbons (Fsp3) is 0.111. The molecule has 6 heteroatoms. The van der Waals surface area contributed by atoms with Crippen LogP contribution in [0.2, 0.25) is 0 Å². The molecule has 0 saturated carbocycles. The van der Waals surface area contributed by atoms with E-state index in [-0.39, 0.29) is 11.6 Å². The Morgan fingerprint density at radius 3 is 2.33 bits per heavy atom. The standard InChI is InChI=1S/C17H14FNO2.C10H7FO/c1-21-16-5-2-12(3-6-16)10-19-15(11-20)9-13-8-14(18)4-7-17(13)19;11-10-2-1-8-3-7(6-12)4-9(8)5-10/h2-9,11H,10H2,1H3;1-2,4-6H,3H2. The predicted octanol–water partition coefficient (Wildman–Crippen LogP) is 5.61. The number of rotatable bonds is 5. The number of benzene rings is 3. The molecule has 1 aliphatic carbocycles. The summed E-state index contributed by atoms with van der Waals surface area (Å²) < 4.78 is 33.0. The second-order valence-electron chi connectivity index (χ2n) is 7.68. The lowest BCUT2D eigenvalue weighted by Crippen LogP contribution is -2.03. The van der Waals surface area contributed by atoms with Crippen molar-refractivity contribution < 1.29 is 23.1 Å². The highest BCUT2D eigenvalue weighted by Gasteiger charge is 2.12. The summed E-state index contributed by atoms with van der Waals surface area (Å²) >= 11 is 0. The highest BCUT2D eigenvalue weighted by atomic mass is 19.1. The van der Waals surface area contributed by atoms with Gasteiger partial charge in [0.25, 0.3) is 0 Å². The molecule has 0 radical (unpaired) electrons. The van der Waals surface area contributed by atoms with E-state index in [0.29, 0.717) is 18.7 Å². The molecule has 4 nitrogen and oxygen atoms in total. The van der Waals surface area contributed by atoms with Crippen molar-refractivity contribution >= 4 is 29.6 Å². The minimum absolute atomic E-state index is 0.253. The van der Waals surface area contributed by atoms with Gasteiger partial charge in [0.15, 0.2) is 6.29 Å². The zero-order valence-electron chi connectivity index (χ0n) is 17.9. The lowest BCUT2D eigenvalue weighted by atomic mass is 10.1. The van der Waals surface area contributed by atoms with Gasteiger partial charge in [0.2, 0.25) is 0 Å². The summed E-state index contributed by atoms with van der Waals surface area (Å²) in [5, 5.41) is 0.727. The number of hydrogen-bond acceptors (Lipinski definition) is 3. The molecule has 4 aromatic rings. The lowest BCUT2D eigenvalue weighted by molar-refractivity contribution is -0.104. The molecule has 0 aliphatic heterocycles. The van der Waals surface area contributed by atoms with E-state index in [4.69, 9.17) is 4.74 Å². The number of allylic oxidation sites excluding steroid dienone is 1. The summed E-state index contributed by atoms with van der Waals surface area (Å²) in [4.78, 5) is 21.6. The Bertz CT molecular complexity index is 1350. The zero-order chi connectivity index (χ0) is 23.4. The van der Waals surface area contributed by atoms with Gasteiger partial charge in [0.1, 0.15) is 23.7 Å². The average molecular weight is 445 g/mol. The van der Waals surface area contributed by atoms with Gasteiger partial charge in [-0.15, -0.1) is 0 Å². The van der Waals surface area contributed by atoms with Crippen molar-refractivity contribution in [2.45, 2.75) is 13.0 Å². The molecule has 33 heavy (non-hydrogen) atoms. The maximum absolute atomic E-state index is 13.3. The van der Waals surface area contributed by atoms with E-state index in [2.05, 4.69) is 0 Å². The lowest BCUT2D eigenvalue weighted by Gasteiger charge is -2.08. The smallest absolute Gasteiger partial charge is 0.166 e. The van der Waals surface area contributed by atoms with Crippen LogP contribution in [0.15, 0.2) is 72.3 Å². The number of carbonyl (C=O) groups is 2. The van der Waals surface area contributed by atoms with Gasteiger partial charge in [-0.3, -0.25) is 9.59 Å². The van der Waals surface area contributed by atoms with Crippen LogP contribution >= 0.6 is 0 Å². The van der Waals surface area contributed by atoms with E-state index in [9.17, 15) is 18.4 Å². The molecule has 3 aromatic carbocycles. The summed E-state index contributed by atoms with van der Waals surface area (Å²) in [5.74, 6) is 0.229. The number of methoxy groups -OCH3 is 1. The number of fused-ring (bicyclic) bond motifs is 2. The molecule has 166 valence electrons. The Morgan fingerprint density at radius 2 is 1.64 bits per heavy atom. The van der Waals surface area contributed by atoms with Crippen molar-refractivity contribution in [3.05, 3.63) is 106 Å². The molecular weight excluding hydrogens is 424 g/mol. The number of carbonyl (C=O) groups excluding carboxylic acids is 2. The first kappa shape index (κ1) is 22.1. The van der Waals surface area contributed by atoms with Crippen molar-refractivity contribution in [2.24, 2.45) is 0 Å². The number of ether oxygens (including phenoxy) is 1. The SMILES string of the molecule is COc1ccc(Cn2c(C=O)cc3cc(F)ccc32)cc1.O=CC1=Cc2cc(F)ccc2C1. The second kappa shape index (κ2) is 9.61. The molecule has 0 bridgehead atoms. The number of nitrogens with zero attached hydrogens (tertiary/aromatic N) is 1. The van der Waals surface area contributed by atoms with Gasteiger partial charge in [-0.2, -0.15) is 0 Å². The fourth-order valence-electron chi connectivity index (χ4n) is 3.86. The van der Waals surface area contributed by atoms with Crippen LogP contribution < -0.4 is 4.74 Å². The van der Waals surface area contributed by atoms with E-state index < -0.39 is 0 Å². The van der Waals surface area contributed by atoms with Crippen molar-refractivity contribution in [1.82, 2.24) is 4.57 Å². The van der Waals surface area contributed by atoms with Crippen LogP contribution in [-0.2, 0) is 17.8 Å². The number of aromatic nitrogens is 1. The zero-order valence-corrected chi connectivity index (χ0v) is 17.9. The third-order valence-electron chi connectivity index (χ3n) is 5.51. The third-order valence-corrected chi connectivity index (χ3v) is 5.51. The number of aldehydes is 2. The molecule has 0 N–H and O–H groups in total. The largest absolute Gasteiger partial charge is 0.497 e. The van der Waals surface area contributed by atoms with Crippen LogP contribution in [0.1, 0.15) is 27.2 Å². The van der Waals surface area contributed by atoms with E-state index in [1.54, 1.807) is 31.4 Å². The van der Waals surface area contributed by atoms with Crippen LogP contribution in [-0.4, -0.2) is 24.2 Å². The van der Waals surface area contributed by atoms with Crippen LogP contribution in [0, 0.1) is 11.6 Å². The van der Waals surface area contributed by atoms with E-state index in [1.807, 2.05) is 28.8 Å². The molecule has 0 spiro atoms. The summed E-state index contributed by atoms with van der Waals surface area (Å²) in [7, 11) is 1.62. The molecule has 0 fully saturated rings. The summed E-state index contributed by atoms with van der Waals surface area (Å²) in [6.07, 6.45) is 3.98. The Morgan fingerprint density at radius 1 is 0.909 bits per heavy atom. The second-order valence-corrected chi connectivity index (χ2v) is 7.68. The molecule has 0 saturated heterocycles. The van der Waals surface area contributed by atoms with Crippen LogP contribution in [0.25, 0.3) is 17.0 Å². The van der Waals surface area contributed by atoms with Gasteiger partial charge >= 0.3 is 0 Å². The molecular formula is C27H21F2NO3. The molecule has 1 aliphatic rings. The average Bonchev–Trinajstić information content (AvgIpc) is 3.40. The van der Waals surface area contributed by atoms with Crippen LogP contribution in [0.3, 0.4) is 0 Å². The minimum atomic E-state index is -0.304. The first-order valence-corrected chi connectivity index (χ1v) is 10.3. The van der Waals surface area contributed by atoms with Crippen molar-refractivity contribution in [2.75, 3.05) is 7.11 Å². The van der Waals surface area contributed by atoms with E-state index in [0.717, 1.165) is 51.5 Å². The highest BCUT2D eigenvalue weighted by molar-refractivity contribution is 5.89.